The lowest BCUT2D eigenvalue weighted by Gasteiger charge is -2.19. The molecule has 3 rings (SSSR count). The summed E-state index contributed by atoms with van der Waals surface area (Å²) >= 11 is 14.0. The van der Waals surface area contributed by atoms with E-state index in [-0.39, 0.29) is 5.41 Å². The van der Waals surface area contributed by atoms with Crippen molar-refractivity contribution in [2.45, 2.75) is 26.2 Å². The molecule has 0 unspecified atom stereocenters. The van der Waals surface area contributed by atoms with E-state index in [0.29, 0.717) is 5.15 Å². The van der Waals surface area contributed by atoms with Gasteiger partial charge in [0.15, 0.2) is 0 Å². The van der Waals surface area contributed by atoms with Crippen LogP contribution in [0.15, 0.2) is 30.6 Å². The van der Waals surface area contributed by atoms with Crippen molar-refractivity contribution in [1.29, 1.82) is 0 Å². The fourth-order valence-electron chi connectivity index (χ4n) is 2.32. The smallest absolute Gasteiger partial charge is 0.141 e. The largest absolute Gasteiger partial charge is 0.225 e. The standard InChI is InChI=1S/C16H14Cl2N2S/c1-16(2,3)13-11(9-4-6-10(17)7-5-9)12-14(18)19-8-20-15(12)21-13/h4-8H,1-3H3. The first kappa shape index (κ1) is 14.8. The zero-order valence-corrected chi connectivity index (χ0v) is 14.3. The van der Waals surface area contributed by atoms with E-state index in [1.807, 2.05) is 24.3 Å². The summed E-state index contributed by atoms with van der Waals surface area (Å²) in [6.07, 6.45) is 1.51. The summed E-state index contributed by atoms with van der Waals surface area (Å²) in [7, 11) is 0. The molecule has 3 aromatic rings. The molecule has 0 saturated heterocycles. The highest BCUT2D eigenvalue weighted by Gasteiger charge is 2.26. The number of hydrogen-bond acceptors (Lipinski definition) is 3. The average molecular weight is 337 g/mol. The van der Waals surface area contributed by atoms with Crippen LogP contribution in [0, 0.1) is 0 Å². The summed E-state index contributed by atoms with van der Waals surface area (Å²) < 4.78 is 0. The Morgan fingerprint density at radius 3 is 2.29 bits per heavy atom. The summed E-state index contributed by atoms with van der Waals surface area (Å²) in [5.74, 6) is 0. The Labute approximate surface area is 137 Å². The average Bonchev–Trinajstić information content (AvgIpc) is 2.80. The zero-order chi connectivity index (χ0) is 15.2. The maximum Gasteiger partial charge on any atom is 0.141 e. The van der Waals surface area contributed by atoms with Crippen LogP contribution in [0.1, 0.15) is 25.6 Å². The van der Waals surface area contributed by atoms with Crippen LogP contribution in [0.4, 0.5) is 0 Å². The summed E-state index contributed by atoms with van der Waals surface area (Å²) in [6.45, 7) is 6.58. The van der Waals surface area contributed by atoms with Crippen molar-refractivity contribution in [3.63, 3.8) is 0 Å². The molecule has 5 heteroatoms. The van der Waals surface area contributed by atoms with Gasteiger partial charge >= 0.3 is 0 Å². The SMILES string of the molecule is CC(C)(C)c1sc2ncnc(Cl)c2c1-c1ccc(Cl)cc1. The topological polar surface area (TPSA) is 25.8 Å². The molecule has 2 aromatic heterocycles. The van der Waals surface area contributed by atoms with E-state index in [1.54, 1.807) is 11.3 Å². The molecule has 0 aliphatic carbocycles. The lowest BCUT2D eigenvalue weighted by molar-refractivity contribution is 0.606. The van der Waals surface area contributed by atoms with E-state index in [1.165, 1.54) is 11.2 Å². The normalized spacial score (nSPS) is 12.0. The van der Waals surface area contributed by atoms with Gasteiger partial charge in [0.2, 0.25) is 0 Å². The van der Waals surface area contributed by atoms with Gasteiger partial charge in [-0.1, -0.05) is 56.1 Å². The first-order valence-corrected chi connectivity index (χ1v) is 8.14. The molecule has 0 radical (unpaired) electrons. The number of thiophene rings is 1. The van der Waals surface area contributed by atoms with Crippen molar-refractivity contribution in [1.82, 2.24) is 9.97 Å². The van der Waals surface area contributed by atoms with E-state index in [4.69, 9.17) is 23.2 Å². The van der Waals surface area contributed by atoms with Gasteiger partial charge in [0, 0.05) is 15.5 Å². The number of benzene rings is 1. The third-order valence-electron chi connectivity index (χ3n) is 3.26. The summed E-state index contributed by atoms with van der Waals surface area (Å²) in [5, 5.41) is 2.14. The second-order valence-corrected chi connectivity index (χ2v) is 7.70. The molecule has 0 bridgehead atoms. The van der Waals surface area contributed by atoms with E-state index < -0.39 is 0 Å². The lowest BCUT2D eigenvalue weighted by Crippen LogP contribution is -2.09. The highest BCUT2D eigenvalue weighted by molar-refractivity contribution is 7.19. The number of aromatic nitrogens is 2. The molecule has 2 nitrogen and oxygen atoms in total. The Kier molecular flexibility index (Phi) is 3.68. The van der Waals surface area contributed by atoms with E-state index in [0.717, 1.165) is 26.4 Å². The minimum absolute atomic E-state index is 0.00364. The molecule has 1 aromatic carbocycles. The fourth-order valence-corrected chi connectivity index (χ4v) is 3.95. The van der Waals surface area contributed by atoms with Crippen LogP contribution in [0.5, 0.6) is 0 Å². The first-order chi connectivity index (χ1) is 9.88. The van der Waals surface area contributed by atoms with Gasteiger partial charge in [-0.05, 0) is 23.1 Å². The van der Waals surface area contributed by atoms with Crippen LogP contribution in [0.3, 0.4) is 0 Å². The highest BCUT2D eigenvalue weighted by atomic mass is 35.5. The van der Waals surface area contributed by atoms with Crippen LogP contribution < -0.4 is 0 Å². The van der Waals surface area contributed by atoms with Crippen LogP contribution in [-0.2, 0) is 5.41 Å². The van der Waals surface area contributed by atoms with Gasteiger partial charge in [-0.3, -0.25) is 0 Å². The quantitative estimate of drug-likeness (QED) is 0.512. The van der Waals surface area contributed by atoms with Gasteiger partial charge < -0.3 is 0 Å². The van der Waals surface area contributed by atoms with Crippen molar-refractivity contribution in [2.75, 3.05) is 0 Å². The van der Waals surface area contributed by atoms with Crippen LogP contribution >= 0.6 is 34.5 Å². The summed E-state index contributed by atoms with van der Waals surface area (Å²) in [5.41, 5.74) is 2.21. The van der Waals surface area contributed by atoms with Gasteiger partial charge in [-0.2, -0.15) is 0 Å². The maximum atomic E-state index is 6.34. The van der Waals surface area contributed by atoms with Crippen molar-refractivity contribution in [3.8, 4) is 11.1 Å². The Morgan fingerprint density at radius 1 is 1.00 bits per heavy atom. The van der Waals surface area contributed by atoms with Gasteiger partial charge in [-0.15, -0.1) is 11.3 Å². The van der Waals surface area contributed by atoms with E-state index in [2.05, 4.69) is 30.7 Å². The summed E-state index contributed by atoms with van der Waals surface area (Å²) in [6, 6.07) is 7.82. The lowest BCUT2D eigenvalue weighted by atomic mass is 9.88. The Hall–Kier alpha value is -1.16. The molecule has 0 spiro atoms. The number of halogens is 2. The van der Waals surface area contributed by atoms with E-state index >= 15 is 0 Å². The van der Waals surface area contributed by atoms with Crippen LogP contribution in [0.25, 0.3) is 21.3 Å². The monoisotopic (exact) mass is 336 g/mol. The molecule has 2 heterocycles. The molecule has 0 atom stereocenters. The number of fused-ring (bicyclic) bond motifs is 1. The molecule has 0 N–H and O–H groups in total. The van der Waals surface area contributed by atoms with Crippen LogP contribution in [-0.4, -0.2) is 9.97 Å². The van der Waals surface area contributed by atoms with Crippen molar-refractivity contribution >= 4 is 44.8 Å². The Bertz CT molecular complexity index is 801. The van der Waals surface area contributed by atoms with Gasteiger partial charge in [-0.25, -0.2) is 9.97 Å². The third-order valence-corrected chi connectivity index (χ3v) is 5.32. The molecule has 21 heavy (non-hydrogen) atoms. The number of hydrogen-bond donors (Lipinski definition) is 0. The van der Waals surface area contributed by atoms with Gasteiger partial charge in [0.25, 0.3) is 0 Å². The third kappa shape index (κ3) is 2.66. The molecule has 108 valence electrons. The molecule has 0 aliphatic rings. The summed E-state index contributed by atoms with van der Waals surface area (Å²) in [4.78, 5) is 10.7. The first-order valence-electron chi connectivity index (χ1n) is 6.57. The van der Waals surface area contributed by atoms with Gasteiger partial charge in [0.05, 0.1) is 5.39 Å². The van der Waals surface area contributed by atoms with E-state index in [9.17, 15) is 0 Å². The van der Waals surface area contributed by atoms with Crippen molar-refractivity contribution < 1.29 is 0 Å². The molecular weight excluding hydrogens is 323 g/mol. The van der Waals surface area contributed by atoms with Crippen molar-refractivity contribution in [3.05, 3.63) is 45.6 Å². The van der Waals surface area contributed by atoms with Gasteiger partial charge in [0.1, 0.15) is 16.3 Å². The number of nitrogens with zero attached hydrogens (tertiary/aromatic N) is 2. The second-order valence-electron chi connectivity index (χ2n) is 5.91. The number of rotatable bonds is 1. The minimum atomic E-state index is 0.00364. The minimum Gasteiger partial charge on any atom is -0.225 e. The zero-order valence-electron chi connectivity index (χ0n) is 11.9. The Morgan fingerprint density at radius 2 is 1.67 bits per heavy atom. The molecule has 0 fully saturated rings. The second kappa shape index (κ2) is 5.24. The highest BCUT2D eigenvalue weighted by Crippen LogP contribution is 2.45. The maximum absolute atomic E-state index is 6.34. The molecule has 0 aliphatic heterocycles. The molecule has 0 amide bonds. The fraction of sp³-hybridized carbons (Fsp3) is 0.250. The van der Waals surface area contributed by atoms with Crippen molar-refractivity contribution in [2.24, 2.45) is 0 Å². The molecular formula is C16H14Cl2N2S. The Balaban J connectivity index is 2.40. The van der Waals surface area contributed by atoms with Crippen LogP contribution in [0.2, 0.25) is 10.2 Å². The predicted octanol–water partition coefficient (Wildman–Crippen LogP) is 5.96. The molecule has 0 saturated carbocycles. The predicted molar refractivity (Wildman–Crippen MR) is 91.6 cm³/mol.